The molecule has 7 atom stereocenters. The number of hydrogen-bond acceptors (Lipinski definition) is 4. The van der Waals surface area contributed by atoms with Crippen LogP contribution in [0.25, 0.3) is 0 Å². The maximum absolute atomic E-state index is 13.0. The molecule has 4 nitrogen and oxygen atoms in total. The number of ether oxygens (including phenoxy) is 1. The first kappa shape index (κ1) is 17.2. The fourth-order valence-corrected chi connectivity index (χ4v) is 7.33. The highest BCUT2D eigenvalue weighted by atomic mass is 16.5. The zero-order chi connectivity index (χ0) is 18.0. The Bertz CT molecular complexity index is 625. The van der Waals surface area contributed by atoms with Crippen LogP contribution in [0, 0.1) is 40.4 Å². The molecule has 0 aromatic heterocycles. The van der Waals surface area contributed by atoms with E-state index in [0.717, 1.165) is 38.5 Å². The van der Waals surface area contributed by atoms with Crippen LogP contribution in [0.2, 0.25) is 0 Å². The Morgan fingerprint density at radius 1 is 1.04 bits per heavy atom. The molecule has 0 radical (unpaired) electrons. The Morgan fingerprint density at radius 2 is 1.80 bits per heavy atom. The summed E-state index contributed by atoms with van der Waals surface area (Å²) < 4.78 is 5.02. The monoisotopic (exact) mass is 346 g/mol. The second kappa shape index (κ2) is 5.65. The van der Waals surface area contributed by atoms with Crippen molar-refractivity contribution in [2.24, 2.45) is 40.4 Å². The lowest BCUT2D eigenvalue weighted by Gasteiger charge is -2.59. The molecule has 0 N–H and O–H groups in total. The predicted molar refractivity (Wildman–Crippen MR) is 92.6 cm³/mol. The smallest absolute Gasteiger partial charge is 0.309 e. The third-order valence-electron chi connectivity index (χ3n) is 8.73. The van der Waals surface area contributed by atoms with Gasteiger partial charge in [0.15, 0.2) is 0 Å². The number of Topliss-reactive ketones (excluding diaryl/α,β-unsaturated/α-hetero) is 2. The van der Waals surface area contributed by atoms with Crippen molar-refractivity contribution in [2.45, 2.75) is 65.2 Å². The van der Waals surface area contributed by atoms with Gasteiger partial charge in [0.25, 0.3) is 0 Å². The van der Waals surface area contributed by atoms with E-state index in [-0.39, 0.29) is 34.4 Å². The first-order valence-corrected chi connectivity index (χ1v) is 9.93. The van der Waals surface area contributed by atoms with E-state index in [1.165, 1.54) is 7.11 Å². The van der Waals surface area contributed by atoms with Gasteiger partial charge < -0.3 is 4.74 Å². The highest BCUT2D eigenvalue weighted by Crippen LogP contribution is 2.66. The molecule has 0 aliphatic heterocycles. The number of hydrogen-bond donors (Lipinski definition) is 0. The zero-order valence-corrected chi connectivity index (χ0v) is 15.7. The second-order valence-corrected chi connectivity index (χ2v) is 9.56. The molecule has 0 bridgehead atoms. The molecular weight excluding hydrogens is 316 g/mol. The summed E-state index contributed by atoms with van der Waals surface area (Å²) in [4.78, 5) is 37.2. The topological polar surface area (TPSA) is 60.4 Å². The summed E-state index contributed by atoms with van der Waals surface area (Å²) in [6.07, 6.45) is 6.90. The van der Waals surface area contributed by atoms with E-state index < -0.39 is 0 Å². The molecule has 0 heterocycles. The summed E-state index contributed by atoms with van der Waals surface area (Å²) in [5.41, 5.74) is -0.0409. The third kappa shape index (κ3) is 2.28. The number of carbonyl (C=O) groups is 3. The summed E-state index contributed by atoms with van der Waals surface area (Å²) >= 11 is 0. The van der Waals surface area contributed by atoms with Gasteiger partial charge >= 0.3 is 5.97 Å². The summed E-state index contributed by atoms with van der Waals surface area (Å²) in [7, 11) is 1.43. The maximum Gasteiger partial charge on any atom is 0.309 e. The van der Waals surface area contributed by atoms with Gasteiger partial charge in [0.2, 0.25) is 0 Å². The molecule has 0 amide bonds. The van der Waals surface area contributed by atoms with Crippen LogP contribution in [-0.4, -0.2) is 24.6 Å². The quantitative estimate of drug-likeness (QED) is 0.681. The summed E-state index contributed by atoms with van der Waals surface area (Å²) in [6.45, 7) is 4.53. The molecule has 4 aliphatic rings. The standard InChI is InChI=1S/C21H30O4/c1-20-8-6-13(22)10-12(20)4-5-14-15(20)7-9-21(2)16(19(24)25-3)11-17(23)18(14)21/h12,14-16,18H,4-11H2,1-3H3/t12-,14+,15-,16+,18+,20-,21+/m0/s1. The second-order valence-electron chi connectivity index (χ2n) is 9.56. The highest BCUT2D eigenvalue weighted by molar-refractivity contribution is 5.92. The molecule has 4 fully saturated rings. The van der Waals surface area contributed by atoms with Crippen LogP contribution < -0.4 is 0 Å². The van der Waals surface area contributed by atoms with Crippen molar-refractivity contribution in [3.8, 4) is 0 Å². The minimum absolute atomic E-state index is 0.00533. The van der Waals surface area contributed by atoms with Crippen LogP contribution in [-0.2, 0) is 19.1 Å². The molecular formula is C21H30O4. The Labute approximate surface area is 150 Å². The highest BCUT2D eigenvalue weighted by Gasteiger charge is 2.64. The molecule has 4 aliphatic carbocycles. The minimum Gasteiger partial charge on any atom is -0.469 e. The van der Waals surface area contributed by atoms with Gasteiger partial charge in [0.1, 0.15) is 11.6 Å². The SMILES string of the molecule is COC(=O)[C@H]1CC(=O)[C@H]2[C@@H]3CC[C@H]4CC(=O)CC[C@]4(C)[C@H]3CC[C@]12C. The van der Waals surface area contributed by atoms with Gasteiger partial charge in [-0.25, -0.2) is 0 Å². The van der Waals surface area contributed by atoms with Gasteiger partial charge in [0, 0.05) is 25.2 Å². The summed E-state index contributed by atoms with van der Waals surface area (Å²) in [5.74, 6) is 1.63. The maximum atomic E-state index is 13.0. The lowest BCUT2D eigenvalue weighted by molar-refractivity contribution is -0.158. The van der Waals surface area contributed by atoms with Crippen LogP contribution in [0.5, 0.6) is 0 Å². The van der Waals surface area contributed by atoms with Crippen LogP contribution in [0.15, 0.2) is 0 Å². The first-order valence-electron chi connectivity index (χ1n) is 9.93. The van der Waals surface area contributed by atoms with E-state index in [2.05, 4.69) is 13.8 Å². The Morgan fingerprint density at radius 3 is 2.52 bits per heavy atom. The predicted octanol–water partition coefficient (Wildman–Crippen LogP) is 3.57. The minimum atomic E-state index is -0.269. The molecule has 4 saturated carbocycles. The average Bonchev–Trinajstić information content (AvgIpc) is 2.86. The number of esters is 1. The van der Waals surface area contributed by atoms with E-state index in [1.807, 2.05) is 0 Å². The van der Waals surface area contributed by atoms with Crippen molar-refractivity contribution < 1.29 is 19.1 Å². The third-order valence-corrected chi connectivity index (χ3v) is 8.73. The van der Waals surface area contributed by atoms with Crippen molar-refractivity contribution in [1.82, 2.24) is 0 Å². The summed E-state index contributed by atoms with van der Waals surface area (Å²) in [6, 6.07) is 0. The average molecular weight is 346 g/mol. The van der Waals surface area contributed by atoms with Crippen molar-refractivity contribution in [1.29, 1.82) is 0 Å². The van der Waals surface area contributed by atoms with Crippen molar-refractivity contribution in [3.05, 3.63) is 0 Å². The van der Waals surface area contributed by atoms with Crippen molar-refractivity contribution in [3.63, 3.8) is 0 Å². The lowest BCUT2D eigenvalue weighted by atomic mass is 9.44. The molecule has 0 aromatic rings. The lowest BCUT2D eigenvalue weighted by Crippen LogP contribution is -2.54. The normalized spacial score (nSPS) is 49.2. The Balaban J connectivity index is 1.66. The summed E-state index contributed by atoms with van der Waals surface area (Å²) in [5, 5.41) is 0. The van der Waals surface area contributed by atoms with Gasteiger partial charge in [-0.3, -0.25) is 14.4 Å². The Kier molecular flexibility index (Phi) is 3.90. The molecule has 4 rings (SSSR count). The largest absolute Gasteiger partial charge is 0.469 e. The number of carbonyl (C=O) groups excluding carboxylic acids is 3. The molecule has 0 unspecified atom stereocenters. The molecule has 4 heteroatoms. The number of fused-ring (bicyclic) bond motifs is 5. The molecule has 0 saturated heterocycles. The first-order chi connectivity index (χ1) is 11.8. The van der Waals surface area contributed by atoms with E-state index in [0.29, 0.717) is 36.4 Å². The number of rotatable bonds is 1. The number of methoxy groups -OCH3 is 1. The van der Waals surface area contributed by atoms with E-state index in [1.54, 1.807) is 0 Å². The van der Waals surface area contributed by atoms with Gasteiger partial charge in [-0.05, 0) is 60.7 Å². The zero-order valence-electron chi connectivity index (χ0n) is 15.7. The molecule has 0 spiro atoms. The van der Waals surface area contributed by atoms with E-state index >= 15 is 0 Å². The van der Waals surface area contributed by atoms with Crippen molar-refractivity contribution >= 4 is 17.5 Å². The van der Waals surface area contributed by atoms with Crippen LogP contribution >= 0.6 is 0 Å². The van der Waals surface area contributed by atoms with Crippen LogP contribution in [0.1, 0.15) is 65.2 Å². The van der Waals surface area contributed by atoms with Crippen molar-refractivity contribution in [2.75, 3.05) is 7.11 Å². The van der Waals surface area contributed by atoms with Gasteiger partial charge in [-0.15, -0.1) is 0 Å². The van der Waals surface area contributed by atoms with Gasteiger partial charge in [0.05, 0.1) is 13.0 Å². The molecule has 25 heavy (non-hydrogen) atoms. The molecule has 0 aromatic carbocycles. The van der Waals surface area contributed by atoms with Gasteiger partial charge in [-0.2, -0.15) is 0 Å². The van der Waals surface area contributed by atoms with Crippen LogP contribution in [0.3, 0.4) is 0 Å². The van der Waals surface area contributed by atoms with E-state index in [9.17, 15) is 14.4 Å². The Hall–Kier alpha value is -1.19. The fraction of sp³-hybridized carbons (Fsp3) is 0.857. The van der Waals surface area contributed by atoms with Gasteiger partial charge in [-0.1, -0.05) is 13.8 Å². The van der Waals surface area contributed by atoms with E-state index in [4.69, 9.17) is 4.74 Å². The fourth-order valence-electron chi connectivity index (χ4n) is 7.33. The molecule has 138 valence electrons. The number of ketones is 2. The van der Waals surface area contributed by atoms with Crippen LogP contribution in [0.4, 0.5) is 0 Å².